The van der Waals surface area contributed by atoms with Crippen LogP contribution in [-0.4, -0.2) is 34.5 Å². The number of hydrogen-bond acceptors (Lipinski definition) is 4. The Labute approximate surface area is 154 Å². The molecule has 5 heteroatoms. The molecule has 26 heavy (non-hydrogen) atoms. The lowest BCUT2D eigenvalue weighted by atomic mass is 10.1. The molecule has 0 aliphatic heterocycles. The maximum Gasteiger partial charge on any atom is 0.0914 e. The van der Waals surface area contributed by atoms with Crippen molar-refractivity contribution < 1.29 is 5.11 Å². The molecule has 3 rings (SSSR count). The number of rotatable bonds is 8. The van der Waals surface area contributed by atoms with E-state index in [4.69, 9.17) is 0 Å². The van der Waals surface area contributed by atoms with E-state index in [1.165, 1.54) is 0 Å². The van der Waals surface area contributed by atoms with Crippen LogP contribution in [0.1, 0.15) is 23.1 Å². The molecule has 3 N–H and O–H groups in total. The SMILES string of the molecule is Cc1nn(-c2ccccc2)c(C)c1NCCNCC(O)c1ccccc1. The number of anilines is 1. The van der Waals surface area contributed by atoms with E-state index in [0.717, 1.165) is 41.4 Å². The fourth-order valence-corrected chi connectivity index (χ4v) is 3.03. The number of benzene rings is 2. The van der Waals surface area contributed by atoms with Crippen LogP contribution >= 0.6 is 0 Å². The zero-order valence-corrected chi connectivity index (χ0v) is 15.3. The third kappa shape index (κ3) is 4.31. The number of hydrogen-bond donors (Lipinski definition) is 3. The summed E-state index contributed by atoms with van der Waals surface area (Å²) in [6.45, 7) is 6.15. The van der Waals surface area contributed by atoms with Gasteiger partial charge in [-0.25, -0.2) is 4.68 Å². The van der Waals surface area contributed by atoms with E-state index in [0.29, 0.717) is 6.54 Å². The standard InChI is InChI=1S/C21H26N4O/c1-16-21(17(2)25(24-16)19-11-7-4-8-12-19)23-14-13-22-15-20(26)18-9-5-3-6-10-18/h3-12,20,22-23,26H,13-15H2,1-2H3. The van der Waals surface area contributed by atoms with Gasteiger partial charge in [0.1, 0.15) is 0 Å². The molecule has 0 spiro atoms. The predicted molar refractivity (Wildman–Crippen MR) is 106 cm³/mol. The lowest BCUT2D eigenvalue weighted by Gasteiger charge is -2.13. The number of aliphatic hydroxyl groups excluding tert-OH is 1. The third-order valence-electron chi connectivity index (χ3n) is 4.42. The molecule has 0 saturated heterocycles. The van der Waals surface area contributed by atoms with Gasteiger partial charge in [0.05, 0.1) is 28.9 Å². The van der Waals surface area contributed by atoms with Crippen molar-refractivity contribution in [1.29, 1.82) is 0 Å². The topological polar surface area (TPSA) is 62.1 Å². The molecular weight excluding hydrogens is 324 g/mol. The van der Waals surface area contributed by atoms with E-state index in [2.05, 4.69) is 34.8 Å². The highest BCUT2D eigenvalue weighted by molar-refractivity contribution is 5.54. The second-order valence-electron chi connectivity index (χ2n) is 6.35. The lowest BCUT2D eigenvalue weighted by molar-refractivity contribution is 0.175. The van der Waals surface area contributed by atoms with Crippen LogP contribution in [0, 0.1) is 13.8 Å². The maximum atomic E-state index is 10.2. The normalized spacial score (nSPS) is 12.1. The van der Waals surface area contributed by atoms with E-state index in [9.17, 15) is 5.11 Å². The third-order valence-corrected chi connectivity index (χ3v) is 4.42. The summed E-state index contributed by atoms with van der Waals surface area (Å²) in [4.78, 5) is 0. The average Bonchev–Trinajstić information content (AvgIpc) is 2.97. The van der Waals surface area contributed by atoms with E-state index in [1.807, 2.05) is 60.1 Å². The Morgan fingerprint density at radius 2 is 1.62 bits per heavy atom. The molecule has 5 nitrogen and oxygen atoms in total. The van der Waals surface area contributed by atoms with Crippen molar-refractivity contribution in [1.82, 2.24) is 15.1 Å². The number of para-hydroxylation sites is 1. The van der Waals surface area contributed by atoms with Crippen molar-refractivity contribution >= 4 is 5.69 Å². The second-order valence-corrected chi connectivity index (χ2v) is 6.35. The number of nitrogens with one attached hydrogen (secondary N) is 2. The molecule has 0 aliphatic carbocycles. The highest BCUT2D eigenvalue weighted by Gasteiger charge is 2.12. The van der Waals surface area contributed by atoms with Crippen LogP contribution in [0.4, 0.5) is 5.69 Å². The fourth-order valence-electron chi connectivity index (χ4n) is 3.03. The molecule has 136 valence electrons. The summed E-state index contributed by atoms with van der Waals surface area (Å²) >= 11 is 0. The van der Waals surface area contributed by atoms with Gasteiger partial charge in [0, 0.05) is 19.6 Å². The number of aromatic nitrogens is 2. The van der Waals surface area contributed by atoms with Gasteiger partial charge in [0.15, 0.2) is 0 Å². The summed E-state index contributed by atoms with van der Waals surface area (Å²) in [6, 6.07) is 19.8. The van der Waals surface area contributed by atoms with Gasteiger partial charge in [-0.2, -0.15) is 5.10 Å². The van der Waals surface area contributed by atoms with Gasteiger partial charge < -0.3 is 15.7 Å². The van der Waals surface area contributed by atoms with Gasteiger partial charge in [-0.3, -0.25) is 0 Å². The summed E-state index contributed by atoms with van der Waals surface area (Å²) in [5.74, 6) is 0. The van der Waals surface area contributed by atoms with Gasteiger partial charge >= 0.3 is 0 Å². The minimum Gasteiger partial charge on any atom is -0.387 e. The van der Waals surface area contributed by atoms with Crippen LogP contribution in [0.25, 0.3) is 5.69 Å². The van der Waals surface area contributed by atoms with Crippen LogP contribution in [0.15, 0.2) is 60.7 Å². The van der Waals surface area contributed by atoms with E-state index >= 15 is 0 Å². The summed E-state index contributed by atoms with van der Waals surface area (Å²) in [6.07, 6.45) is -0.486. The summed E-state index contributed by atoms with van der Waals surface area (Å²) < 4.78 is 1.96. The molecule has 0 amide bonds. The molecule has 0 radical (unpaired) electrons. The first kappa shape index (κ1) is 18.2. The Morgan fingerprint density at radius 3 is 2.31 bits per heavy atom. The first-order chi connectivity index (χ1) is 12.7. The molecular formula is C21H26N4O. The van der Waals surface area contributed by atoms with Crippen molar-refractivity contribution in [3.63, 3.8) is 0 Å². The monoisotopic (exact) mass is 350 g/mol. The molecule has 1 heterocycles. The Hall–Kier alpha value is -2.63. The van der Waals surface area contributed by atoms with Crippen molar-refractivity contribution in [3.8, 4) is 5.69 Å². The molecule has 0 aliphatic rings. The Kier molecular flexibility index (Phi) is 6.04. The van der Waals surface area contributed by atoms with Crippen LogP contribution in [-0.2, 0) is 0 Å². The smallest absolute Gasteiger partial charge is 0.0914 e. The van der Waals surface area contributed by atoms with E-state index in [1.54, 1.807) is 0 Å². The van der Waals surface area contributed by atoms with Gasteiger partial charge in [-0.15, -0.1) is 0 Å². The van der Waals surface area contributed by atoms with Crippen LogP contribution in [0.5, 0.6) is 0 Å². The van der Waals surface area contributed by atoms with E-state index < -0.39 is 6.10 Å². The van der Waals surface area contributed by atoms with Crippen molar-refractivity contribution in [3.05, 3.63) is 77.6 Å². The summed E-state index contributed by atoms with van der Waals surface area (Å²) in [5, 5.41) is 21.5. The summed E-state index contributed by atoms with van der Waals surface area (Å²) in [5.41, 5.74) is 5.14. The van der Waals surface area contributed by atoms with Crippen LogP contribution < -0.4 is 10.6 Å². The largest absolute Gasteiger partial charge is 0.387 e. The minimum absolute atomic E-state index is 0.486. The van der Waals surface area contributed by atoms with Gasteiger partial charge in [-0.05, 0) is 31.5 Å². The number of aliphatic hydroxyl groups is 1. The molecule has 1 aromatic heterocycles. The van der Waals surface area contributed by atoms with Crippen molar-refractivity contribution in [2.75, 3.05) is 25.0 Å². The lowest BCUT2D eigenvalue weighted by Crippen LogP contribution is -2.27. The Morgan fingerprint density at radius 1 is 0.962 bits per heavy atom. The van der Waals surface area contributed by atoms with E-state index in [-0.39, 0.29) is 0 Å². The predicted octanol–water partition coefficient (Wildman–Crippen LogP) is 3.22. The Balaban J connectivity index is 1.50. The van der Waals surface area contributed by atoms with Crippen molar-refractivity contribution in [2.45, 2.75) is 20.0 Å². The maximum absolute atomic E-state index is 10.2. The highest BCUT2D eigenvalue weighted by atomic mass is 16.3. The van der Waals surface area contributed by atoms with Gasteiger partial charge in [0.2, 0.25) is 0 Å². The molecule has 0 fully saturated rings. The molecule has 3 aromatic rings. The van der Waals surface area contributed by atoms with Gasteiger partial charge in [0.25, 0.3) is 0 Å². The molecule has 0 saturated carbocycles. The molecule has 1 unspecified atom stereocenters. The zero-order valence-electron chi connectivity index (χ0n) is 15.3. The molecule has 0 bridgehead atoms. The minimum atomic E-state index is -0.486. The highest BCUT2D eigenvalue weighted by Crippen LogP contribution is 2.22. The number of aryl methyl sites for hydroxylation is 1. The fraction of sp³-hybridized carbons (Fsp3) is 0.286. The molecule has 1 atom stereocenters. The summed E-state index contributed by atoms with van der Waals surface area (Å²) in [7, 11) is 0. The van der Waals surface area contributed by atoms with Gasteiger partial charge in [-0.1, -0.05) is 48.5 Å². The Bertz CT molecular complexity index is 815. The first-order valence-corrected chi connectivity index (χ1v) is 8.96. The molecule has 2 aromatic carbocycles. The second kappa shape index (κ2) is 8.65. The van der Waals surface area contributed by atoms with Crippen LogP contribution in [0.3, 0.4) is 0 Å². The van der Waals surface area contributed by atoms with Crippen molar-refractivity contribution in [2.24, 2.45) is 0 Å². The number of nitrogens with zero attached hydrogens (tertiary/aromatic N) is 2. The zero-order chi connectivity index (χ0) is 18.4. The first-order valence-electron chi connectivity index (χ1n) is 8.96. The van der Waals surface area contributed by atoms with Crippen LogP contribution in [0.2, 0.25) is 0 Å². The average molecular weight is 350 g/mol. The quantitative estimate of drug-likeness (QED) is 0.546.